The molecule has 0 amide bonds. The fourth-order valence-electron chi connectivity index (χ4n) is 1.33. The summed E-state index contributed by atoms with van der Waals surface area (Å²) >= 11 is 5.97. The second-order valence-electron chi connectivity index (χ2n) is 3.16. The minimum atomic E-state index is 0.213. The Morgan fingerprint density at radius 2 is 2.23 bits per heavy atom. The van der Waals surface area contributed by atoms with E-state index in [4.69, 9.17) is 16.7 Å². The van der Waals surface area contributed by atoms with Crippen LogP contribution in [0.3, 0.4) is 0 Å². The molecule has 1 rings (SSSR count). The Morgan fingerprint density at radius 3 is 2.77 bits per heavy atom. The summed E-state index contributed by atoms with van der Waals surface area (Å²) in [5.74, 6) is 0.573. The molecule has 0 aliphatic carbocycles. The number of nitrogens with one attached hydrogen (secondary N) is 1. The molecule has 1 aromatic carbocycles. The van der Waals surface area contributed by atoms with Gasteiger partial charge in [0.25, 0.3) is 0 Å². The van der Waals surface area contributed by atoms with E-state index >= 15 is 0 Å². The van der Waals surface area contributed by atoms with Crippen LogP contribution in [-0.2, 0) is 0 Å². The summed E-state index contributed by atoms with van der Waals surface area (Å²) in [4.78, 5) is 0. The van der Waals surface area contributed by atoms with Gasteiger partial charge < -0.3 is 10.4 Å². The predicted molar refractivity (Wildman–Crippen MR) is 55.5 cm³/mol. The number of likely N-dealkylation sites (N-methyl/N-ethyl adjacent to an activating group) is 1. The van der Waals surface area contributed by atoms with Crippen molar-refractivity contribution in [2.24, 2.45) is 0 Å². The SMILES string of the molecule is CNCC(C)c1ccc(O)cc1Cl. The largest absolute Gasteiger partial charge is 0.508 e. The van der Waals surface area contributed by atoms with Gasteiger partial charge in [0.2, 0.25) is 0 Å². The molecule has 2 N–H and O–H groups in total. The third-order valence-corrected chi connectivity index (χ3v) is 2.35. The van der Waals surface area contributed by atoms with Crippen molar-refractivity contribution in [3.63, 3.8) is 0 Å². The normalized spacial score (nSPS) is 12.8. The highest BCUT2D eigenvalue weighted by Crippen LogP contribution is 2.27. The van der Waals surface area contributed by atoms with Gasteiger partial charge in [-0.1, -0.05) is 24.6 Å². The first-order valence-corrected chi connectivity index (χ1v) is 4.66. The number of halogens is 1. The highest BCUT2D eigenvalue weighted by Gasteiger charge is 2.08. The summed E-state index contributed by atoms with van der Waals surface area (Å²) in [5, 5.41) is 12.9. The van der Waals surface area contributed by atoms with E-state index in [1.807, 2.05) is 13.1 Å². The third kappa shape index (κ3) is 2.61. The standard InChI is InChI=1S/C10H14ClNO/c1-7(6-12-2)9-4-3-8(13)5-10(9)11/h3-5,7,12-13H,6H2,1-2H3. The van der Waals surface area contributed by atoms with Crippen molar-refractivity contribution >= 4 is 11.6 Å². The molecule has 0 aliphatic rings. The lowest BCUT2D eigenvalue weighted by Gasteiger charge is -2.12. The Labute approximate surface area is 83.5 Å². The van der Waals surface area contributed by atoms with Crippen LogP contribution in [0.15, 0.2) is 18.2 Å². The molecule has 1 aromatic rings. The Hall–Kier alpha value is -0.730. The summed E-state index contributed by atoms with van der Waals surface area (Å²) in [5.41, 5.74) is 1.06. The second-order valence-corrected chi connectivity index (χ2v) is 3.57. The Bertz CT molecular complexity index is 288. The molecular weight excluding hydrogens is 186 g/mol. The van der Waals surface area contributed by atoms with E-state index in [2.05, 4.69) is 12.2 Å². The van der Waals surface area contributed by atoms with E-state index in [0.29, 0.717) is 10.9 Å². The average Bonchev–Trinajstić information content (AvgIpc) is 2.04. The highest BCUT2D eigenvalue weighted by atomic mass is 35.5. The zero-order chi connectivity index (χ0) is 9.84. The van der Waals surface area contributed by atoms with Crippen LogP contribution in [0, 0.1) is 0 Å². The Kier molecular flexibility index (Phi) is 3.58. The average molecular weight is 200 g/mol. The van der Waals surface area contributed by atoms with E-state index in [9.17, 15) is 0 Å². The van der Waals surface area contributed by atoms with Gasteiger partial charge in [0.15, 0.2) is 0 Å². The molecule has 0 spiro atoms. The van der Waals surface area contributed by atoms with Crippen LogP contribution in [0.2, 0.25) is 5.02 Å². The molecule has 0 heterocycles. The molecule has 0 fully saturated rings. The van der Waals surface area contributed by atoms with E-state index in [1.54, 1.807) is 12.1 Å². The Morgan fingerprint density at radius 1 is 1.54 bits per heavy atom. The first-order valence-electron chi connectivity index (χ1n) is 4.28. The van der Waals surface area contributed by atoms with Crippen LogP contribution < -0.4 is 5.32 Å². The molecule has 1 unspecified atom stereocenters. The maximum atomic E-state index is 9.15. The number of benzene rings is 1. The molecule has 0 radical (unpaired) electrons. The van der Waals surface area contributed by atoms with Gasteiger partial charge in [-0.15, -0.1) is 0 Å². The molecule has 0 aromatic heterocycles. The number of phenolic OH excluding ortho intramolecular Hbond substituents is 1. The monoisotopic (exact) mass is 199 g/mol. The number of hydrogen-bond donors (Lipinski definition) is 2. The van der Waals surface area contributed by atoms with Crippen molar-refractivity contribution in [2.45, 2.75) is 12.8 Å². The second kappa shape index (κ2) is 4.49. The van der Waals surface area contributed by atoms with Gasteiger partial charge in [0, 0.05) is 11.6 Å². The number of aromatic hydroxyl groups is 1. The van der Waals surface area contributed by atoms with Crippen molar-refractivity contribution in [2.75, 3.05) is 13.6 Å². The molecule has 0 aliphatic heterocycles. The van der Waals surface area contributed by atoms with Crippen LogP contribution in [0.5, 0.6) is 5.75 Å². The summed E-state index contributed by atoms with van der Waals surface area (Å²) in [7, 11) is 1.91. The smallest absolute Gasteiger partial charge is 0.117 e. The molecule has 2 nitrogen and oxygen atoms in total. The third-order valence-electron chi connectivity index (χ3n) is 2.03. The van der Waals surface area contributed by atoms with Gasteiger partial charge in [-0.25, -0.2) is 0 Å². The molecule has 0 bridgehead atoms. The summed E-state index contributed by atoms with van der Waals surface area (Å²) in [6.07, 6.45) is 0. The maximum absolute atomic E-state index is 9.15. The van der Waals surface area contributed by atoms with Crippen LogP contribution in [0.1, 0.15) is 18.4 Å². The van der Waals surface area contributed by atoms with Gasteiger partial charge in [0.1, 0.15) is 5.75 Å². The van der Waals surface area contributed by atoms with Gasteiger partial charge in [-0.3, -0.25) is 0 Å². The Balaban J connectivity index is 2.88. The van der Waals surface area contributed by atoms with Gasteiger partial charge in [-0.2, -0.15) is 0 Å². The summed E-state index contributed by atoms with van der Waals surface area (Å²) in [6.45, 7) is 2.97. The first kappa shape index (κ1) is 10.4. The van der Waals surface area contributed by atoms with Gasteiger partial charge in [-0.05, 0) is 30.7 Å². The zero-order valence-corrected chi connectivity index (χ0v) is 8.60. The molecule has 13 heavy (non-hydrogen) atoms. The minimum Gasteiger partial charge on any atom is -0.508 e. The summed E-state index contributed by atoms with van der Waals surface area (Å²) < 4.78 is 0. The topological polar surface area (TPSA) is 32.3 Å². The van der Waals surface area contributed by atoms with Crippen LogP contribution in [0.25, 0.3) is 0 Å². The zero-order valence-electron chi connectivity index (χ0n) is 7.84. The molecule has 72 valence electrons. The molecule has 1 atom stereocenters. The first-order chi connectivity index (χ1) is 6.15. The maximum Gasteiger partial charge on any atom is 0.117 e. The fourth-order valence-corrected chi connectivity index (χ4v) is 1.69. The van der Waals surface area contributed by atoms with E-state index in [1.165, 1.54) is 0 Å². The van der Waals surface area contributed by atoms with Gasteiger partial charge in [0.05, 0.1) is 0 Å². The van der Waals surface area contributed by atoms with Crippen molar-refractivity contribution in [1.29, 1.82) is 0 Å². The number of phenols is 1. The van der Waals surface area contributed by atoms with E-state index in [-0.39, 0.29) is 5.75 Å². The summed E-state index contributed by atoms with van der Waals surface area (Å²) in [6, 6.07) is 5.09. The number of hydrogen-bond acceptors (Lipinski definition) is 2. The van der Waals surface area contributed by atoms with Crippen molar-refractivity contribution < 1.29 is 5.11 Å². The van der Waals surface area contributed by atoms with Crippen LogP contribution >= 0.6 is 11.6 Å². The highest BCUT2D eigenvalue weighted by molar-refractivity contribution is 6.31. The van der Waals surface area contributed by atoms with Crippen LogP contribution in [0.4, 0.5) is 0 Å². The quantitative estimate of drug-likeness (QED) is 0.784. The number of rotatable bonds is 3. The van der Waals surface area contributed by atoms with Gasteiger partial charge >= 0.3 is 0 Å². The van der Waals surface area contributed by atoms with E-state index < -0.39 is 0 Å². The molecule has 3 heteroatoms. The predicted octanol–water partition coefficient (Wildman–Crippen LogP) is 2.37. The lowest BCUT2D eigenvalue weighted by Crippen LogP contribution is -2.14. The molecule has 0 saturated carbocycles. The lowest BCUT2D eigenvalue weighted by atomic mass is 10.0. The van der Waals surface area contributed by atoms with Crippen molar-refractivity contribution in [3.8, 4) is 5.75 Å². The molecular formula is C10H14ClNO. The van der Waals surface area contributed by atoms with Crippen molar-refractivity contribution in [3.05, 3.63) is 28.8 Å². The van der Waals surface area contributed by atoms with Crippen LogP contribution in [-0.4, -0.2) is 18.7 Å². The van der Waals surface area contributed by atoms with Crippen molar-refractivity contribution in [1.82, 2.24) is 5.32 Å². The molecule has 0 saturated heterocycles. The minimum absolute atomic E-state index is 0.213. The lowest BCUT2D eigenvalue weighted by molar-refractivity contribution is 0.475. The van der Waals surface area contributed by atoms with E-state index in [0.717, 1.165) is 12.1 Å². The fraction of sp³-hybridized carbons (Fsp3) is 0.400.